The highest BCUT2D eigenvalue weighted by molar-refractivity contribution is 5.48. The second kappa shape index (κ2) is 4.69. The van der Waals surface area contributed by atoms with Crippen LogP contribution >= 0.6 is 0 Å². The number of hydrogen-bond acceptors (Lipinski definition) is 2. The van der Waals surface area contributed by atoms with Gasteiger partial charge in [-0.3, -0.25) is 0 Å². The zero-order chi connectivity index (χ0) is 12.5. The molecule has 1 heterocycles. The van der Waals surface area contributed by atoms with E-state index in [0.29, 0.717) is 5.41 Å². The van der Waals surface area contributed by atoms with Crippen LogP contribution in [0, 0.1) is 5.41 Å². The van der Waals surface area contributed by atoms with Crippen LogP contribution < -0.4 is 10.6 Å². The Morgan fingerprint density at radius 1 is 1.24 bits per heavy atom. The van der Waals surface area contributed by atoms with E-state index < -0.39 is 0 Å². The molecule has 17 heavy (non-hydrogen) atoms. The van der Waals surface area contributed by atoms with Crippen LogP contribution in [0.15, 0.2) is 24.3 Å². The Hall–Kier alpha value is -1.02. The van der Waals surface area contributed by atoms with Gasteiger partial charge in [0, 0.05) is 24.8 Å². The lowest BCUT2D eigenvalue weighted by atomic mass is 9.84. The molecule has 1 aliphatic rings. The third kappa shape index (κ3) is 3.01. The van der Waals surface area contributed by atoms with Gasteiger partial charge in [-0.15, -0.1) is 0 Å². The molecule has 2 heteroatoms. The normalized spacial score (nSPS) is 21.3. The third-order valence-electron chi connectivity index (χ3n) is 3.68. The predicted molar refractivity (Wildman–Crippen MR) is 74.3 cm³/mol. The predicted octanol–water partition coefficient (Wildman–Crippen LogP) is 3.33. The molecule has 1 atom stereocenters. The van der Waals surface area contributed by atoms with Crippen molar-refractivity contribution in [3.63, 3.8) is 0 Å². The minimum Gasteiger partial charge on any atom is -0.371 e. The average molecular weight is 232 g/mol. The Kier molecular flexibility index (Phi) is 3.43. The van der Waals surface area contributed by atoms with E-state index in [1.165, 1.54) is 30.6 Å². The van der Waals surface area contributed by atoms with Crippen molar-refractivity contribution >= 4 is 5.69 Å². The molecule has 1 fully saturated rings. The molecule has 1 saturated heterocycles. The van der Waals surface area contributed by atoms with Crippen LogP contribution in [0.25, 0.3) is 0 Å². The molecule has 0 saturated carbocycles. The molecule has 0 amide bonds. The van der Waals surface area contributed by atoms with Crippen molar-refractivity contribution in [2.45, 2.75) is 39.7 Å². The molecule has 1 aliphatic heterocycles. The van der Waals surface area contributed by atoms with Crippen LogP contribution in [0.2, 0.25) is 0 Å². The molecule has 0 aromatic heterocycles. The fourth-order valence-electron chi connectivity index (χ4n) is 2.63. The van der Waals surface area contributed by atoms with Gasteiger partial charge in [0.2, 0.25) is 0 Å². The molecule has 0 spiro atoms. The first-order valence-corrected chi connectivity index (χ1v) is 6.58. The van der Waals surface area contributed by atoms with E-state index in [9.17, 15) is 0 Å². The quantitative estimate of drug-likeness (QED) is 0.847. The Labute approximate surface area is 105 Å². The second-order valence-corrected chi connectivity index (χ2v) is 6.07. The standard InChI is InChI=1S/C15H24N2/c1-12(16)13-5-7-14(8-6-13)17-10-4-9-15(2,3)11-17/h5-8,12H,4,9-11,16H2,1-3H3/t12-/m0/s1. The fraction of sp³-hybridized carbons (Fsp3) is 0.600. The van der Waals surface area contributed by atoms with Crippen molar-refractivity contribution in [2.24, 2.45) is 11.1 Å². The Morgan fingerprint density at radius 2 is 1.88 bits per heavy atom. The van der Waals surface area contributed by atoms with E-state index in [1.54, 1.807) is 0 Å². The van der Waals surface area contributed by atoms with E-state index in [0.717, 1.165) is 6.54 Å². The van der Waals surface area contributed by atoms with Crippen LogP contribution in [0.1, 0.15) is 45.2 Å². The second-order valence-electron chi connectivity index (χ2n) is 6.07. The summed E-state index contributed by atoms with van der Waals surface area (Å²) in [6, 6.07) is 8.85. The Morgan fingerprint density at radius 3 is 2.41 bits per heavy atom. The maximum atomic E-state index is 5.87. The third-order valence-corrected chi connectivity index (χ3v) is 3.68. The SMILES string of the molecule is C[C@H](N)c1ccc(N2CCCC(C)(C)C2)cc1. The lowest BCUT2D eigenvalue weighted by molar-refractivity contribution is 0.293. The highest BCUT2D eigenvalue weighted by Gasteiger charge is 2.26. The molecule has 2 nitrogen and oxygen atoms in total. The van der Waals surface area contributed by atoms with Crippen molar-refractivity contribution < 1.29 is 0 Å². The van der Waals surface area contributed by atoms with Gasteiger partial charge in [0.1, 0.15) is 0 Å². The first-order valence-electron chi connectivity index (χ1n) is 6.58. The summed E-state index contributed by atoms with van der Waals surface area (Å²) in [6.07, 6.45) is 2.63. The molecule has 2 rings (SSSR count). The fourth-order valence-corrected chi connectivity index (χ4v) is 2.63. The van der Waals surface area contributed by atoms with Gasteiger partial charge >= 0.3 is 0 Å². The van der Waals surface area contributed by atoms with Gasteiger partial charge in [-0.05, 0) is 42.9 Å². The summed E-state index contributed by atoms with van der Waals surface area (Å²) in [5.41, 5.74) is 8.86. The smallest absolute Gasteiger partial charge is 0.0366 e. The first-order chi connectivity index (χ1) is 7.98. The van der Waals surface area contributed by atoms with Gasteiger partial charge in [0.25, 0.3) is 0 Å². The first kappa shape index (κ1) is 12.4. The molecule has 0 bridgehead atoms. The highest BCUT2D eigenvalue weighted by Crippen LogP contribution is 2.31. The van der Waals surface area contributed by atoms with Gasteiger partial charge in [0.05, 0.1) is 0 Å². The van der Waals surface area contributed by atoms with E-state index >= 15 is 0 Å². The number of nitrogens with zero attached hydrogens (tertiary/aromatic N) is 1. The molecule has 2 N–H and O–H groups in total. The lowest BCUT2D eigenvalue weighted by Gasteiger charge is -2.39. The topological polar surface area (TPSA) is 29.3 Å². The van der Waals surface area contributed by atoms with Crippen molar-refractivity contribution in [3.05, 3.63) is 29.8 Å². The molecule has 94 valence electrons. The average Bonchev–Trinajstić information content (AvgIpc) is 2.28. The van der Waals surface area contributed by atoms with E-state index in [4.69, 9.17) is 5.73 Å². The summed E-state index contributed by atoms with van der Waals surface area (Å²) in [6.45, 7) is 9.08. The minimum atomic E-state index is 0.127. The molecule has 0 unspecified atom stereocenters. The van der Waals surface area contributed by atoms with Gasteiger partial charge < -0.3 is 10.6 Å². The summed E-state index contributed by atoms with van der Waals surface area (Å²) in [5.74, 6) is 0. The minimum absolute atomic E-state index is 0.127. The van der Waals surface area contributed by atoms with Crippen molar-refractivity contribution in [2.75, 3.05) is 18.0 Å². The highest BCUT2D eigenvalue weighted by atomic mass is 15.1. The summed E-state index contributed by atoms with van der Waals surface area (Å²) in [5, 5.41) is 0. The number of piperidine rings is 1. The summed E-state index contributed by atoms with van der Waals surface area (Å²) in [4.78, 5) is 2.49. The number of benzene rings is 1. The largest absolute Gasteiger partial charge is 0.371 e. The van der Waals surface area contributed by atoms with Gasteiger partial charge in [0.15, 0.2) is 0 Å². The molecule has 1 aromatic carbocycles. The molecular formula is C15H24N2. The van der Waals surface area contributed by atoms with Crippen LogP contribution in [0.3, 0.4) is 0 Å². The van der Waals surface area contributed by atoms with Gasteiger partial charge in [-0.2, -0.15) is 0 Å². The van der Waals surface area contributed by atoms with Crippen molar-refractivity contribution in [1.29, 1.82) is 0 Å². The molecule has 0 radical (unpaired) electrons. The monoisotopic (exact) mass is 232 g/mol. The van der Waals surface area contributed by atoms with Crippen LogP contribution in [-0.2, 0) is 0 Å². The summed E-state index contributed by atoms with van der Waals surface area (Å²) < 4.78 is 0. The zero-order valence-electron chi connectivity index (χ0n) is 11.2. The Bertz CT molecular complexity index is 365. The van der Waals surface area contributed by atoms with Crippen LogP contribution in [-0.4, -0.2) is 13.1 Å². The Balaban J connectivity index is 2.12. The number of rotatable bonds is 2. The number of nitrogens with two attached hydrogens (primary N) is 1. The van der Waals surface area contributed by atoms with E-state index in [1.807, 2.05) is 6.92 Å². The number of anilines is 1. The maximum absolute atomic E-state index is 5.87. The van der Waals surface area contributed by atoms with E-state index in [2.05, 4.69) is 43.0 Å². The molecule has 1 aromatic rings. The van der Waals surface area contributed by atoms with Crippen LogP contribution in [0.4, 0.5) is 5.69 Å². The van der Waals surface area contributed by atoms with Gasteiger partial charge in [-0.25, -0.2) is 0 Å². The van der Waals surface area contributed by atoms with Crippen molar-refractivity contribution in [3.8, 4) is 0 Å². The van der Waals surface area contributed by atoms with Gasteiger partial charge in [-0.1, -0.05) is 26.0 Å². The van der Waals surface area contributed by atoms with Crippen molar-refractivity contribution in [1.82, 2.24) is 0 Å². The maximum Gasteiger partial charge on any atom is 0.0366 e. The molecular weight excluding hydrogens is 208 g/mol. The summed E-state index contributed by atoms with van der Waals surface area (Å²) in [7, 11) is 0. The summed E-state index contributed by atoms with van der Waals surface area (Å²) >= 11 is 0. The molecule has 0 aliphatic carbocycles. The lowest BCUT2D eigenvalue weighted by Crippen LogP contribution is -2.40. The van der Waals surface area contributed by atoms with Crippen LogP contribution in [0.5, 0.6) is 0 Å². The number of hydrogen-bond donors (Lipinski definition) is 1. The van der Waals surface area contributed by atoms with E-state index in [-0.39, 0.29) is 6.04 Å². The zero-order valence-corrected chi connectivity index (χ0v) is 11.2.